The summed E-state index contributed by atoms with van der Waals surface area (Å²) in [4.78, 5) is 26.7. The Morgan fingerprint density at radius 3 is 2.72 bits per heavy atom. The molecular formula is C18H18N4O3. The van der Waals surface area contributed by atoms with Crippen molar-refractivity contribution in [2.24, 2.45) is 7.05 Å². The van der Waals surface area contributed by atoms with Crippen molar-refractivity contribution in [2.75, 3.05) is 13.1 Å². The van der Waals surface area contributed by atoms with Crippen LogP contribution in [0.25, 0.3) is 11.0 Å². The number of hydrogen-bond donors (Lipinski definition) is 0. The van der Waals surface area contributed by atoms with Crippen molar-refractivity contribution < 1.29 is 9.21 Å². The van der Waals surface area contributed by atoms with Crippen LogP contribution in [0.15, 0.2) is 45.9 Å². The lowest BCUT2D eigenvalue weighted by atomic mass is 9.95. The molecule has 1 aromatic carbocycles. The second kappa shape index (κ2) is 6.16. The SMILES string of the molecule is Cn1cnnc1C1CCN(C(=O)c2cc3ccccc3oc2=O)CC1. The number of carbonyl (C=O) groups is 1. The molecular weight excluding hydrogens is 320 g/mol. The molecule has 2 aromatic heterocycles. The van der Waals surface area contributed by atoms with E-state index >= 15 is 0 Å². The number of aryl methyl sites for hydroxylation is 1. The molecule has 7 nitrogen and oxygen atoms in total. The fraction of sp³-hybridized carbons (Fsp3) is 0.333. The number of carbonyl (C=O) groups excluding carboxylic acids is 1. The van der Waals surface area contributed by atoms with Crippen molar-refractivity contribution in [1.82, 2.24) is 19.7 Å². The number of rotatable bonds is 2. The highest BCUT2D eigenvalue weighted by Gasteiger charge is 2.28. The molecule has 0 atom stereocenters. The van der Waals surface area contributed by atoms with Gasteiger partial charge in [0.15, 0.2) is 0 Å². The standard InChI is InChI=1S/C18H18N4O3/c1-21-11-19-20-16(21)12-6-8-22(9-7-12)17(23)14-10-13-4-2-3-5-15(13)25-18(14)24/h2-5,10-12H,6-9H2,1H3. The number of para-hydroxylation sites is 1. The van der Waals surface area contributed by atoms with Gasteiger partial charge in [-0.15, -0.1) is 10.2 Å². The first-order valence-electron chi connectivity index (χ1n) is 8.29. The van der Waals surface area contributed by atoms with Crippen LogP contribution >= 0.6 is 0 Å². The summed E-state index contributed by atoms with van der Waals surface area (Å²) in [5.74, 6) is 0.956. The molecule has 1 aliphatic rings. The minimum absolute atomic E-state index is 0.0933. The van der Waals surface area contributed by atoms with Gasteiger partial charge in [-0.2, -0.15) is 0 Å². The summed E-state index contributed by atoms with van der Waals surface area (Å²) in [6, 6.07) is 8.82. The molecule has 4 rings (SSSR count). The fourth-order valence-corrected chi connectivity index (χ4v) is 3.38. The number of piperidine rings is 1. The Hall–Kier alpha value is -2.96. The van der Waals surface area contributed by atoms with Crippen molar-refractivity contribution in [2.45, 2.75) is 18.8 Å². The van der Waals surface area contributed by atoms with E-state index in [9.17, 15) is 9.59 Å². The van der Waals surface area contributed by atoms with E-state index in [1.165, 1.54) is 0 Å². The van der Waals surface area contributed by atoms with Gasteiger partial charge in [-0.1, -0.05) is 18.2 Å². The number of fused-ring (bicyclic) bond motifs is 1. The van der Waals surface area contributed by atoms with Gasteiger partial charge in [0.25, 0.3) is 5.91 Å². The molecule has 1 saturated heterocycles. The lowest BCUT2D eigenvalue weighted by Crippen LogP contribution is -2.40. The summed E-state index contributed by atoms with van der Waals surface area (Å²) >= 11 is 0. The Kier molecular flexibility index (Phi) is 3.83. The molecule has 3 heterocycles. The third kappa shape index (κ3) is 2.82. The predicted octanol–water partition coefficient (Wildman–Crippen LogP) is 1.94. The summed E-state index contributed by atoms with van der Waals surface area (Å²) in [6.45, 7) is 1.17. The average Bonchev–Trinajstić information content (AvgIpc) is 3.06. The Balaban J connectivity index is 1.54. The van der Waals surface area contributed by atoms with Crippen LogP contribution in [0.1, 0.15) is 34.9 Å². The predicted molar refractivity (Wildman–Crippen MR) is 91.4 cm³/mol. The third-order valence-electron chi connectivity index (χ3n) is 4.77. The Labute approximate surface area is 143 Å². The number of amides is 1. The molecule has 25 heavy (non-hydrogen) atoms. The Morgan fingerprint density at radius 1 is 1.24 bits per heavy atom. The molecule has 7 heteroatoms. The molecule has 0 N–H and O–H groups in total. The van der Waals surface area contributed by atoms with Crippen molar-refractivity contribution in [1.29, 1.82) is 0 Å². The Morgan fingerprint density at radius 2 is 2.00 bits per heavy atom. The minimum Gasteiger partial charge on any atom is -0.422 e. The van der Waals surface area contributed by atoms with Gasteiger partial charge in [-0.25, -0.2) is 4.79 Å². The van der Waals surface area contributed by atoms with Crippen LogP contribution in [0.4, 0.5) is 0 Å². The zero-order chi connectivity index (χ0) is 17.4. The number of benzene rings is 1. The Bertz CT molecular complexity index is 983. The van der Waals surface area contributed by atoms with E-state index in [0.717, 1.165) is 24.1 Å². The lowest BCUT2D eigenvalue weighted by molar-refractivity contribution is 0.0706. The zero-order valence-electron chi connectivity index (χ0n) is 13.9. The van der Waals surface area contributed by atoms with Crippen molar-refractivity contribution in [3.8, 4) is 0 Å². The van der Waals surface area contributed by atoms with Gasteiger partial charge in [-0.05, 0) is 25.0 Å². The molecule has 1 aliphatic heterocycles. The molecule has 0 unspecified atom stereocenters. The zero-order valence-corrected chi connectivity index (χ0v) is 13.9. The van der Waals surface area contributed by atoms with E-state index in [0.29, 0.717) is 18.7 Å². The first-order chi connectivity index (χ1) is 12.1. The van der Waals surface area contributed by atoms with E-state index < -0.39 is 5.63 Å². The van der Waals surface area contributed by atoms with Crippen LogP contribution in [-0.2, 0) is 7.05 Å². The van der Waals surface area contributed by atoms with Crippen LogP contribution in [0, 0.1) is 0 Å². The van der Waals surface area contributed by atoms with E-state index in [1.807, 2.05) is 23.7 Å². The highest BCUT2D eigenvalue weighted by atomic mass is 16.4. The van der Waals surface area contributed by atoms with Gasteiger partial charge >= 0.3 is 5.63 Å². The maximum Gasteiger partial charge on any atom is 0.349 e. The quantitative estimate of drug-likeness (QED) is 0.667. The number of nitrogens with zero attached hydrogens (tertiary/aromatic N) is 4. The molecule has 1 fully saturated rings. The molecule has 0 saturated carbocycles. The van der Waals surface area contributed by atoms with Crippen molar-refractivity contribution >= 4 is 16.9 Å². The maximum absolute atomic E-state index is 12.8. The van der Waals surface area contributed by atoms with E-state index in [4.69, 9.17) is 4.42 Å². The van der Waals surface area contributed by atoms with Gasteiger partial charge in [-0.3, -0.25) is 4.79 Å². The molecule has 3 aromatic rings. The molecule has 0 radical (unpaired) electrons. The number of hydrogen-bond acceptors (Lipinski definition) is 5. The second-order valence-corrected chi connectivity index (χ2v) is 6.35. The van der Waals surface area contributed by atoms with Crippen LogP contribution in [0.5, 0.6) is 0 Å². The highest BCUT2D eigenvalue weighted by molar-refractivity contribution is 5.96. The summed E-state index contributed by atoms with van der Waals surface area (Å²) in [5, 5.41) is 8.83. The van der Waals surface area contributed by atoms with Crippen LogP contribution in [-0.4, -0.2) is 38.7 Å². The highest BCUT2D eigenvalue weighted by Crippen LogP contribution is 2.26. The lowest BCUT2D eigenvalue weighted by Gasteiger charge is -2.31. The van der Waals surface area contributed by atoms with Gasteiger partial charge in [0.05, 0.1) is 0 Å². The summed E-state index contributed by atoms with van der Waals surface area (Å²) in [5.41, 5.74) is -0.0000246. The van der Waals surface area contributed by atoms with Gasteiger partial charge in [0.2, 0.25) is 0 Å². The van der Waals surface area contributed by atoms with Gasteiger partial charge < -0.3 is 13.9 Å². The van der Waals surface area contributed by atoms with E-state index in [1.54, 1.807) is 29.4 Å². The minimum atomic E-state index is -0.584. The second-order valence-electron chi connectivity index (χ2n) is 6.35. The third-order valence-corrected chi connectivity index (χ3v) is 4.77. The topological polar surface area (TPSA) is 81.2 Å². The molecule has 0 spiro atoms. The van der Waals surface area contributed by atoms with Crippen LogP contribution in [0.3, 0.4) is 0 Å². The summed E-state index contributed by atoms with van der Waals surface area (Å²) < 4.78 is 7.19. The number of aromatic nitrogens is 3. The van der Waals surface area contributed by atoms with Gasteiger partial charge in [0, 0.05) is 31.4 Å². The first kappa shape index (κ1) is 15.6. The van der Waals surface area contributed by atoms with Crippen molar-refractivity contribution in [3.63, 3.8) is 0 Å². The van der Waals surface area contributed by atoms with Crippen LogP contribution in [0.2, 0.25) is 0 Å². The number of likely N-dealkylation sites (tertiary alicyclic amines) is 1. The van der Waals surface area contributed by atoms with E-state index in [2.05, 4.69) is 10.2 Å². The first-order valence-corrected chi connectivity index (χ1v) is 8.29. The maximum atomic E-state index is 12.8. The molecule has 128 valence electrons. The largest absolute Gasteiger partial charge is 0.422 e. The monoisotopic (exact) mass is 338 g/mol. The summed E-state index contributed by atoms with van der Waals surface area (Å²) in [7, 11) is 1.92. The fourth-order valence-electron chi connectivity index (χ4n) is 3.38. The average molecular weight is 338 g/mol. The summed E-state index contributed by atoms with van der Waals surface area (Å²) in [6.07, 6.45) is 3.29. The van der Waals surface area contributed by atoms with Crippen molar-refractivity contribution in [3.05, 3.63) is 58.5 Å². The van der Waals surface area contributed by atoms with Gasteiger partial charge in [0.1, 0.15) is 23.3 Å². The van der Waals surface area contributed by atoms with E-state index in [-0.39, 0.29) is 17.4 Å². The van der Waals surface area contributed by atoms with Crippen LogP contribution < -0.4 is 5.63 Å². The molecule has 1 amide bonds. The normalized spacial score (nSPS) is 15.6. The molecule has 0 aliphatic carbocycles. The molecule has 0 bridgehead atoms. The smallest absolute Gasteiger partial charge is 0.349 e.